The lowest BCUT2D eigenvalue weighted by Gasteiger charge is -2.52. The Kier molecular flexibility index (Phi) is 2.38. The minimum atomic E-state index is -1.01. The Hall–Kier alpha value is -0.610. The maximum absolute atomic E-state index is 10.7. The second-order valence-corrected chi connectivity index (χ2v) is 4.48. The molecule has 0 aromatic rings. The molecular weight excluding hydrogens is 168 g/mol. The highest BCUT2D eigenvalue weighted by Gasteiger charge is 2.50. The van der Waals surface area contributed by atoms with Gasteiger partial charge in [-0.15, -0.1) is 0 Å². The van der Waals surface area contributed by atoms with Gasteiger partial charge in [-0.2, -0.15) is 0 Å². The number of rotatable bonds is 3. The smallest absolute Gasteiger partial charge is 0.326 e. The molecule has 13 heavy (non-hydrogen) atoms. The van der Waals surface area contributed by atoms with Crippen LogP contribution in [0.2, 0.25) is 0 Å². The lowest BCUT2D eigenvalue weighted by Crippen LogP contribution is -2.75. The molecule has 4 heteroatoms. The molecule has 0 saturated carbocycles. The van der Waals surface area contributed by atoms with E-state index in [1.807, 2.05) is 0 Å². The fourth-order valence-electron chi connectivity index (χ4n) is 1.42. The van der Waals surface area contributed by atoms with Gasteiger partial charge in [0, 0.05) is 18.6 Å². The molecule has 0 aromatic carbocycles. The Morgan fingerprint density at radius 1 is 1.62 bits per heavy atom. The molecule has 0 aromatic heterocycles. The molecule has 0 amide bonds. The minimum Gasteiger partial charge on any atom is -0.480 e. The third-order valence-corrected chi connectivity index (χ3v) is 3.09. The van der Waals surface area contributed by atoms with E-state index >= 15 is 0 Å². The quantitative estimate of drug-likeness (QED) is 0.664. The number of hydrogen-bond donors (Lipinski definition) is 2. The summed E-state index contributed by atoms with van der Waals surface area (Å²) < 4.78 is 0. The van der Waals surface area contributed by atoms with Crippen LogP contribution in [-0.2, 0) is 4.79 Å². The van der Waals surface area contributed by atoms with Crippen molar-refractivity contribution in [1.82, 2.24) is 4.90 Å². The number of carboxylic acid groups (broad SMARTS) is 1. The van der Waals surface area contributed by atoms with Crippen molar-refractivity contribution in [2.45, 2.75) is 38.3 Å². The Bertz CT molecular complexity index is 220. The van der Waals surface area contributed by atoms with E-state index < -0.39 is 11.5 Å². The average Bonchev–Trinajstić information content (AvgIpc) is 1.98. The highest BCUT2D eigenvalue weighted by Crippen LogP contribution is 2.29. The van der Waals surface area contributed by atoms with Gasteiger partial charge in [-0.1, -0.05) is 6.92 Å². The van der Waals surface area contributed by atoms with Crippen LogP contribution < -0.4 is 5.73 Å². The van der Waals surface area contributed by atoms with Crippen molar-refractivity contribution < 1.29 is 9.90 Å². The van der Waals surface area contributed by atoms with Gasteiger partial charge in [0.2, 0.25) is 0 Å². The molecule has 0 atom stereocenters. The van der Waals surface area contributed by atoms with E-state index in [4.69, 9.17) is 10.8 Å². The van der Waals surface area contributed by atoms with Gasteiger partial charge in [0.1, 0.15) is 5.54 Å². The number of aliphatic carboxylic acids is 1. The lowest BCUT2D eigenvalue weighted by atomic mass is 9.84. The van der Waals surface area contributed by atoms with Crippen LogP contribution in [0.15, 0.2) is 0 Å². The van der Waals surface area contributed by atoms with Gasteiger partial charge in [0.25, 0.3) is 0 Å². The van der Waals surface area contributed by atoms with Crippen LogP contribution in [0.5, 0.6) is 0 Å². The van der Waals surface area contributed by atoms with Crippen LogP contribution in [0.3, 0.4) is 0 Å². The first-order valence-electron chi connectivity index (χ1n) is 4.59. The monoisotopic (exact) mass is 186 g/mol. The molecule has 1 aliphatic rings. The number of likely N-dealkylation sites (tertiary alicyclic amines) is 1. The van der Waals surface area contributed by atoms with Crippen LogP contribution in [0.25, 0.3) is 0 Å². The number of carbonyl (C=O) groups is 1. The molecule has 1 heterocycles. The molecule has 76 valence electrons. The molecule has 1 aliphatic heterocycles. The van der Waals surface area contributed by atoms with Crippen molar-refractivity contribution in [3.63, 3.8) is 0 Å². The first-order valence-corrected chi connectivity index (χ1v) is 4.59. The highest BCUT2D eigenvalue weighted by atomic mass is 16.4. The second-order valence-electron chi connectivity index (χ2n) is 4.48. The first kappa shape index (κ1) is 10.5. The Balaban J connectivity index is 2.54. The number of nitrogens with two attached hydrogens (primary N) is 1. The predicted molar refractivity (Wildman–Crippen MR) is 50.5 cm³/mol. The summed E-state index contributed by atoms with van der Waals surface area (Å²) in [7, 11) is 0. The van der Waals surface area contributed by atoms with Crippen molar-refractivity contribution in [2.24, 2.45) is 5.73 Å². The molecule has 0 bridgehead atoms. The van der Waals surface area contributed by atoms with E-state index in [0.29, 0.717) is 13.1 Å². The summed E-state index contributed by atoms with van der Waals surface area (Å²) in [5, 5.41) is 8.80. The summed E-state index contributed by atoms with van der Waals surface area (Å²) in [4.78, 5) is 12.8. The fourth-order valence-corrected chi connectivity index (χ4v) is 1.42. The van der Waals surface area contributed by atoms with Gasteiger partial charge in [-0.05, 0) is 20.3 Å². The molecular formula is C9H18N2O2. The van der Waals surface area contributed by atoms with Gasteiger partial charge in [0.15, 0.2) is 0 Å². The third kappa shape index (κ3) is 1.69. The summed E-state index contributed by atoms with van der Waals surface area (Å²) in [5.41, 5.74) is 4.71. The van der Waals surface area contributed by atoms with Gasteiger partial charge < -0.3 is 10.8 Å². The van der Waals surface area contributed by atoms with Gasteiger partial charge >= 0.3 is 5.97 Å². The molecule has 1 fully saturated rings. The van der Waals surface area contributed by atoms with Gasteiger partial charge in [0.05, 0.1) is 0 Å². The van der Waals surface area contributed by atoms with Crippen LogP contribution in [0.1, 0.15) is 27.2 Å². The Labute approximate surface area is 78.7 Å². The van der Waals surface area contributed by atoms with Crippen molar-refractivity contribution in [3.05, 3.63) is 0 Å². The molecule has 0 unspecified atom stereocenters. The standard InChI is InChI=1S/C9H18N2O2/c1-4-8(2,3)11-5-9(10,6-11)7(12)13/h4-6,10H2,1-3H3,(H,12,13). The minimum absolute atomic E-state index is 0.0678. The van der Waals surface area contributed by atoms with E-state index in [1.54, 1.807) is 0 Å². The van der Waals surface area contributed by atoms with E-state index in [0.717, 1.165) is 6.42 Å². The molecule has 1 rings (SSSR count). The van der Waals surface area contributed by atoms with Crippen molar-refractivity contribution in [1.29, 1.82) is 0 Å². The maximum Gasteiger partial charge on any atom is 0.326 e. The van der Waals surface area contributed by atoms with Gasteiger partial charge in [-0.25, -0.2) is 0 Å². The van der Waals surface area contributed by atoms with Crippen molar-refractivity contribution in [3.8, 4) is 0 Å². The predicted octanol–water partition coefficient (Wildman–Crippen LogP) is 0.273. The third-order valence-electron chi connectivity index (χ3n) is 3.09. The van der Waals surface area contributed by atoms with Crippen LogP contribution in [-0.4, -0.2) is 40.1 Å². The lowest BCUT2D eigenvalue weighted by molar-refractivity contribution is -0.153. The molecule has 4 nitrogen and oxygen atoms in total. The number of carboxylic acids is 1. The van der Waals surface area contributed by atoms with E-state index in [2.05, 4.69) is 25.7 Å². The van der Waals surface area contributed by atoms with Crippen LogP contribution >= 0.6 is 0 Å². The molecule has 3 N–H and O–H groups in total. The SMILES string of the molecule is CCC(C)(C)N1CC(N)(C(=O)O)C1. The summed E-state index contributed by atoms with van der Waals surface area (Å²) in [6, 6.07) is 0. The van der Waals surface area contributed by atoms with E-state index in [9.17, 15) is 4.79 Å². The van der Waals surface area contributed by atoms with Gasteiger partial charge in [-0.3, -0.25) is 9.69 Å². The Morgan fingerprint density at radius 3 is 2.38 bits per heavy atom. The van der Waals surface area contributed by atoms with Crippen molar-refractivity contribution in [2.75, 3.05) is 13.1 Å². The first-order chi connectivity index (χ1) is 5.82. The largest absolute Gasteiger partial charge is 0.480 e. The zero-order valence-corrected chi connectivity index (χ0v) is 8.50. The van der Waals surface area contributed by atoms with E-state index in [1.165, 1.54) is 0 Å². The second kappa shape index (κ2) is 2.96. The zero-order chi connectivity index (χ0) is 10.3. The average molecular weight is 186 g/mol. The summed E-state index contributed by atoms with van der Waals surface area (Å²) in [6.45, 7) is 7.23. The molecule has 1 saturated heterocycles. The summed E-state index contributed by atoms with van der Waals surface area (Å²) in [5.74, 6) is -0.893. The number of hydrogen-bond acceptors (Lipinski definition) is 3. The number of nitrogens with zero attached hydrogens (tertiary/aromatic N) is 1. The van der Waals surface area contributed by atoms with Crippen molar-refractivity contribution >= 4 is 5.97 Å². The highest BCUT2D eigenvalue weighted by molar-refractivity contribution is 5.80. The molecule has 0 aliphatic carbocycles. The fraction of sp³-hybridized carbons (Fsp3) is 0.889. The molecule has 0 spiro atoms. The molecule has 0 radical (unpaired) electrons. The normalized spacial score (nSPS) is 22.5. The van der Waals surface area contributed by atoms with E-state index in [-0.39, 0.29) is 5.54 Å². The Morgan fingerprint density at radius 2 is 2.08 bits per heavy atom. The maximum atomic E-state index is 10.7. The summed E-state index contributed by atoms with van der Waals surface area (Å²) >= 11 is 0. The topological polar surface area (TPSA) is 66.6 Å². The zero-order valence-electron chi connectivity index (χ0n) is 8.50. The van der Waals surface area contributed by atoms with Crippen LogP contribution in [0, 0.1) is 0 Å². The summed E-state index contributed by atoms with van der Waals surface area (Å²) in [6.07, 6.45) is 1.00. The van der Waals surface area contributed by atoms with Crippen LogP contribution in [0.4, 0.5) is 0 Å².